The monoisotopic (exact) mass is 263 g/mol. The molecule has 0 aliphatic heterocycles. The maximum Gasteiger partial charge on any atom is 0.178 e. The number of methoxy groups -OCH3 is 1. The lowest BCUT2D eigenvalue weighted by atomic mass is 10.1. The van der Waals surface area contributed by atoms with Crippen LogP contribution in [0.5, 0.6) is 0 Å². The van der Waals surface area contributed by atoms with Crippen molar-refractivity contribution in [3.05, 3.63) is 18.0 Å². The second-order valence-electron chi connectivity index (χ2n) is 4.67. The van der Waals surface area contributed by atoms with Crippen molar-refractivity contribution in [2.45, 2.75) is 39.2 Å². The van der Waals surface area contributed by atoms with Crippen molar-refractivity contribution in [1.29, 1.82) is 0 Å². The fraction of sp³-hybridized carbons (Fsp3) is 0.615. The normalized spacial score (nSPS) is 12.8. The van der Waals surface area contributed by atoms with E-state index in [-0.39, 0.29) is 6.04 Å². The summed E-state index contributed by atoms with van der Waals surface area (Å²) in [6.07, 6.45) is 3.43. The number of nitrogens with one attached hydrogen (secondary N) is 1. The van der Waals surface area contributed by atoms with Gasteiger partial charge in [-0.2, -0.15) is 4.52 Å². The summed E-state index contributed by atoms with van der Waals surface area (Å²) in [6.45, 7) is 4.76. The summed E-state index contributed by atoms with van der Waals surface area (Å²) in [5, 5.41) is 15.9. The van der Waals surface area contributed by atoms with Crippen LogP contribution in [0, 0.1) is 6.92 Å². The van der Waals surface area contributed by atoms with Crippen LogP contribution in [0.15, 0.2) is 12.1 Å². The molecule has 0 amide bonds. The zero-order valence-corrected chi connectivity index (χ0v) is 11.8. The largest absolute Gasteiger partial charge is 0.383 e. The van der Waals surface area contributed by atoms with E-state index in [0.717, 1.165) is 23.7 Å². The fourth-order valence-corrected chi connectivity index (χ4v) is 2.03. The predicted molar refractivity (Wildman–Crippen MR) is 74.3 cm³/mol. The van der Waals surface area contributed by atoms with Crippen LogP contribution in [0.2, 0.25) is 0 Å². The third-order valence-corrected chi connectivity index (χ3v) is 3.04. The lowest BCUT2D eigenvalue weighted by Gasteiger charge is -2.18. The molecule has 2 aromatic heterocycles. The Balaban J connectivity index is 2.11. The van der Waals surface area contributed by atoms with E-state index in [9.17, 15) is 0 Å². The molecule has 1 atom stereocenters. The van der Waals surface area contributed by atoms with Crippen molar-refractivity contribution in [1.82, 2.24) is 19.8 Å². The Morgan fingerprint density at radius 3 is 2.95 bits per heavy atom. The van der Waals surface area contributed by atoms with E-state index in [1.165, 1.54) is 12.8 Å². The van der Waals surface area contributed by atoms with E-state index in [1.807, 2.05) is 19.1 Å². The van der Waals surface area contributed by atoms with Gasteiger partial charge in [-0.1, -0.05) is 19.8 Å². The van der Waals surface area contributed by atoms with Gasteiger partial charge in [0.25, 0.3) is 0 Å². The SMILES string of the molecule is CCCCC(COC)Nc1ccc2nnc(C)n2n1. The van der Waals surface area contributed by atoms with Crippen molar-refractivity contribution in [2.75, 3.05) is 19.0 Å². The van der Waals surface area contributed by atoms with E-state index in [4.69, 9.17) is 4.74 Å². The van der Waals surface area contributed by atoms with Crippen LogP contribution >= 0.6 is 0 Å². The first-order valence-corrected chi connectivity index (χ1v) is 6.69. The lowest BCUT2D eigenvalue weighted by Crippen LogP contribution is -2.25. The number of anilines is 1. The first kappa shape index (κ1) is 13.7. The molecule has 0 aromatic carbocycles. The van der Waals surface area contributed by atoms with Gasteiger partial charge in [-0.25, -0.2) is 0 Å². The van der Waals surface area contributed by atoms with Gasteiger partial charge in [0.2, 0.25) is 0 Å². The van der Waals surface area contributed by atoms with Gasteiger partial charge >= 0.3 is 0 Å². The Hall–Kier alpha value is -1.69. The molecule has 0 aliphatic carbocycles. The molecule has 104 valence electrons. The summed E-state index contributed by atoms with van der Waals surface area (Å²) in [7, 11) is 1.72. The Labute approximate surface area is 113 Å². The zero-order chi connectivity index (χ0) is 13.7. The highest BCUT2D eigenvalue weighted by atomic mass is 16.5. The Morgan fingerprint density at radius 2 is 2.21 bits per heavy atom. The molecule has 2 heterocycles. The molecule has 0 bridgehead atoms. The first-order valence-electron chi connectivity index (χ1n) is 6.69. The fourth-order valence-electron chi connectivity index (χ4n) is 2.03. The second kappa shape index (κ2) is 6.47. The van der Waals surface area contributed by atoms with E-state index < -0.39 is 0 Å². The van der Waals surface area contributed by atoms with Gasteiger partial charge in [-0.3, -0.25) is 0 Å². The highest BCUT2D eigenvalue weighted by Crippen LogP contribution is 2.11. The molecule has 0 spiro atoms. The van der Waals surface area contributed by atoms with Gasteiger partial charge < -0.3 is 10.1 Å². The first-order chi connectivity index (χ1) is 9.24. The highest BCUT2D eigenvalue weighted by molar-refractivity contribution is 5.44. The summed E-state index contributed by atoms with van der Waals surface area (Å²) in [6, 6.07) is 4.13. The number of aromatic nitrogens is 4. The van der Waals surface area contributed by atoms with Crippen LogP contribution in [-0.2, 0) is 4.74 Å². The van der Waals surface area contributed by atoms with Gasteiger partial charge in [0.1, 0.15) is 5.82 Å². The lowest BCUT2D eigenvalue weighted by molar-refractivity contribution is 0.182. The molecule has 2 rings (SSSR count). The number of ether oxygens (including phenoxy) is 1. The third-order valence-electron chi connectivity index (χ3n) is 3.04. The second-order valence-corrected chi connectivity index (χ2v) is 4.67. The molecule has 0 aliphatic rings. The van der Waals surface area contributed by atoms with Gasteiger partial charge in [-0.05, 0) is 25.5 Å². The zero-order valence-electron chi connectivity index (χ0n) is 11.8. The summed E-state index contributed by atoms with van der Waals surface area (Å²) in [5.41, 5.74) is 0.764. The standard InChI is InChI=1S/C13H21N5O/c1-4-5-6-11(9-19-3)14-12-7-8-13-16-15-10(2)18(13)17-12/h7-8,11H,4-6,9H2,1-3H3,(H,14,17). The number of nitrogens with zero attached hydrogens (tertiary/aromatic N) is 4. The van der Waals surface area contributed by atoms with E-state index in [1.54, 1.807) is 11.6 Å². The maximum atomic E-state index is 5.25. The minimum Gasteiger partial charge on any atom is -0.383 e. The summed E-state index contributed by atoms with van der Waals surface area (Å²) in [4.78, 5) is 0. The molecule has 0 saturated heterocycles. The van der Waals surface area contributed by atoms with Crippen LogP contribution in [-0.4, -0.2) is 39.6 Å². The average molecular weight is 263 g/mol. The Kier molecular flexibility index (Phi) is 4.68. The Bertz CT molecular complexity index is 525. The van der Waals surface area contributed by atoms with Crippen LogP contribution in [0.4, 0.5) is 5.82 Å². The molecular weight excluding hydrogens is 242 g/mol. The molecule has 19 heavy (non-hydrogen) atoms. The number of hydrogen-bond donors (Lipinski definition) is 1. The molecule has 6 nitrogen and oxygen atoms in total. The van der Waals surface area contributed by atoms with E-state index in [2.05, 4.69) is 27.5 Å². The van der Waals surface area contributed by atoms with Crippen molar-refractivity contribution in [3.8, 4) is 0 Å². The molecule has 1 unspecified atom stereocenters. The quantitative estimate of drug-likeness (QED) is 0.828. The summed E-state index contributed by atoms with van der Waals surface area (Å²) >= 11 is 0. The summed E-state index contributed by atoms with van der Waals surface area (Å²) < 4.78 is 6.99. The van der Waals surface area contributed by atoms with Crippen LogP contribution in [0.3, 0.4) is 0 Å². The van der Waals surface area contributed by atoms with Crippen molar-refractivity contribution < 1.29 is 4.74 Å². The van der Waals surface area contributed by atoms with Gasteiger partial charge in [0.15, 0.2) is 11.5 Å². The molecule has 0 radical (unpaired) electrons. The van der Waals surface area contributed by atoms with Crippen LogP contribution < -0.4 is 5.32 Å². The molecular formula is C13H21N5O. The van der Waals surface area contributed by atoms with Crippen LogP contribution in [0.1, 0.15) is 32.0 Å². The van der Waals surface area contributed by atoms with Crippen molar-refractivity contribution in [3.63, 3.8) is 0 Å². The number of rotatable bonds is 7. The topological polar surface area (TPSA) is 64.3 Å². The molecule has 0 saturated carbocycles. The predicted octanol–water partition coefficient (Wildman–Crippen LogP) is 2.05. The summed E-state index contributed by atoms with van der Waals surface area (Å²) in [5.74, 6) is 1.61. The molecule has 1 N–H and O–H groups in total. The third kappa shape index (κ3) is 3.41. The number of unbranched alkanes of at least 4 members (excludes halogenated alkanes) is 1. The number of fused-ring (bicyclic) bond motifs is 1. The minimum absolute atomic E-state index is 0.284. The van der Waals surface area contributed by atoms with E-state index >= 15 is 0 Å². The van der Waals surface area contributed by atoms with Gasteiger partial charge in [-0.15, -0.1) is 15.3 Å². The van der Waals surface area contributed by atoms with Gasteiger partial charge in [0, 0.05) is 7.11 Å². The highest BCUT2D eigenvalue weighted by Gasteiger charge is 2.10. The van der Waals surface area contributed by atoms with Crippen molar-refractivity contribution >= 4 is 11.5 Å². The van der Waals surface area contributed by atoms with Crippen LogP contribution in [0.25, 0.3) is 5.65 Å². The molecule has 0 fully saturated rings. The van der Waals surface area contributed by atoms with E-state index in [0.29, 0.717) is 6.61 Å². The van der Waals surface area contributed by atoms with Gasteiger partial charge in [0.05, 0.1) is 12.6 Å². The minimum atomic E-state index is 0.284. The number of hydrogen-bond acceptors (Lipinski definition) is 5. The average Bonchev–Trinajstić information content (AvgIpc) is 2.78. The Morgan fingerprint density at radius 1 is 1.37 bits per heavy atom. The molecule has 2 aromatic rings. The number of aryl methyl sites for hydroxylation is 1. The molecule has 6 heteroatoms. The van der Waals surface area contributed by atoms with Crippen molar-refractivity contribution in [2.24, 2.45) is 0 Å². The smallest absolute Gasteiger partial charge is 0.178 e. The maximum absolute atomic E-state index is 5.25.